The maximum atomic E-state index is 3.62. The number of nitrogens with one attached hydrogen (secondary N) is 1. The molecule has 0 amide bonds. The smallest absolute Gasteiger partial charge is 0.0619 e. The highest BCUT2D eigenvalue weighted by Gasteiger charge is 2.17. The van der Waals surface area contributed by atoms with Crippen LogP contribution in [0.15, 0.2) is 176 Å². The highest BCUT2D eigenvalue weighted by molar-refractivity contribution is 6.14. The maximum Gasteiger partial charge on any atom is 0.0619 e. The summed E-state index contributed by atoms with van der Waals surface area (Å²) in [5, 5.41) is 6.13. The average molecular weight is 563 g/mol. The summed E-state index contributed by atoms with van der Waals surface area (Å²) in [4.78, 5) is 0. The number of benzene rings is 7. The Labute approximate surface area is 257 Å². The number of hydrogen-bond acceptors (Lipinski definition) is 1. The third kappa shape index (κ3) is 4.63. The van der Waals surface area contributed by atoms with Crippen LogP contribution in [0.5, 0.6) is 0 Å². The second kappa shape index (κ2) is 11.1. The fourth-order valence-corrected chi connectivity index (χ4v) is 6.33. The van der Waals surface area contributed by atoms with Crippen LogP contribution in [-0.4, -0.2) is 4.57 Å². The Bertz CT molecular complexity index is 2230. The van der Waals surface area contributed by atoms with E-state index in [1.807, 2.05) is 6.07 Å². The minimum atomic E-state index is 1.07. The SMILES string of the molecule is c1ccc(Nc2ccccc2-c2cccc(-c3cccc4c5ccccc5n(-c5ccc(-c6ccccc6)cc5)c34)c2)cc1. The van der Waals surface area contributed by atoms with Crippen molar-refractivity contribution in [2.45, 2.75) is 0 Å². The molecule has 0 aliphatic heterocycles. The van der Waals surface area contributed by atoms with Crippen LogP contribution >= 0.6 is 0 Å². The quantitative estimate of drug-likeness (QED) is 0.213. The van der Waals surface area contributed by atoms with Crippen LogP contribution in [0.25, 0.3) is 60.9 Å². The first-order valence-electron chi connectivity index (χ1n) is 15.0. The maximum absolute atomic E-state index is 3.62. The molecule has 1 heterocycles. The van der Waals surface area contributed by atoms with Gasteiger partial charge >= 0.3 is 0 Å². The van der Waals surface area contributed by atoms with Gasteiger partial charge in [0.25, 0.3) is 0 Å². The lowest BCUT2D eigenvalue weighted by atomic mass is 9.96. The summed E-state index contributed by atoms with van der Waals surface area (Å²) in [6.07, 6.45) is 0. The lowest BCUT2D eigenvalue weighted by Crippen LogP contribution is -1.96. The van der Waals surface area contributed by atoms with Crippen LogP contribution in [0, 0.1) is 0 Å². The molecule has 2 nitrogen and oxygen atoms in total. The number of fused-ring (bicyclic) bond motifs is 3. The van der Waals surface area contributed by atoms with Crippen LogP contribution in [-0.2, 0) is 0 Å². The number of anilines is 2. The molecule has 8 rings (SSSR count). The predicted molar refractivity (Wildman–Crippen MR) is 187 cm³/mol. The Balaban J connectivity index is 1.28. The molecular formula is C42H30N2. The number of aromatic nitrogens is 1. The Hall–Kier alpha value is -5.86. The van der Waals surface area contributed by atoms with E-state index >= 15 is 0 Å². The van der Waals surface area contributed by atoms with Gasteiger partial charge in [-0.1, -0.05) is 133 Å². The largest absolute Gasteiger partial charge is 0.355 e. The summed E-state index contributed by atoms with van der Waals surface area (Å²) in [5.41, 5.74) is 12.9. The van der Waals surface area contributed by atoms with Crippen molar-refractivity contribution >= 4 is 33.2 Å². The van der Waals surface area contributed by atoms with Gasteiger partial charge < -0.3 is 9.88 Å². The zero-order valence-electron chi connectivity index (χ0n) is 24.2. The van der Waals surface area contributed by atoms with Gasteiger partial charge in [0.1, 0.15) is 0 Å². The van der Waals surface area contributed by atoms with Gasteiger partial charge in [-0.05, 0) is 64.7 Å². The van der Waals surface area contributed by atoms with E-state index in [1.165, 1.54) is 55.2 Å². The summed E-state index contributed by atoms with van der Waals surface area (Å²) in [6, 6.07) is 62.7. The summed E-state index contributed by atoms with van der Waals surface area (Å²) >= 11 is 0. The van der Waals surface area contributed by atoms with Gasteiger partial charge in [-0.3, -0.25) is 0 Å². The molecule has 208 valence electrons. The van der Waals surface area contributed by atoms with Crippen molar-refractivity contribution in [3.05, 3.63) is 176 Å². The summed E-state index contributed by atoms with van der Waals surface area (Å²) in [6.45, 7) is 0. The highest BCUT2D eigenvalue weighted by atomic mass is 15.0. The van der Waals surface area contributed by atoms with Gasteiger partial charge in [0.15, 0.2) is 0 Å². The van der Waals surface area contributed by atoms with Crippen molar-refractivity contribution < 1.29 is 0 Å². The number of rotatable bonds is 6. The third-order valence-corrected chi connectivity index (χ3v) is 8.39. The molecule has 8 aromatic rings. The second-order valence-electron chi connectivity index (χ2n) is 11.1. The van der Waals surface area contributed by atoms with E-state index in [4.69, 9.17) is 0 Å². The molecule has 1 N–H and O–H groups in total. The molecule has 44 heavy (non-hydrogen) atoms. The molecule has 0 saturated heterocycles. The van der Waals surface area contributed by atoms with Gasteiger partial charge in [-0.25, -0.2) is 0 Å². The molecular weight excluding hydrogens is 532 g/mol. The minimum absolute atomic E-state index is 1.07. The molecule has 0 aliphatic rings. The van der Waals surface area contributed by atoms with E-state index in [1.54, 1.807) is 0 Å². The Morgan fingerprint density at radius 2 is 0.955 bits per heavy atom. The van der Waals surface area contributed by atoms with E-state index in [0.717, 1.165) is 17.1 Å². The van der Waals surface area contributed by atoms with Crippen LogP contribution in [0.2, 0.25) is 0 Å². The normalized spacial score (nSPS) is 11.2. The number of hydrogen-bond donors (Lipinski definition) is 1. The van der Waals surface area contributed by atoms with E-state index in [9.17, 15) is 0 Å². The molecule has 0 aliphatic carbocycles. The van der Waals surface area contributed by atoms with Crippen LogP contribution in [0.1, 0.15) is 0 Å². The van der Waals surface area contributed by atoms with Crippen molar-refractivity contribution in [2.24, 2.45) is 0 Å². The first-order chi connectivity index (χ1) is 21.8. The number of nitrogens with zero attached hydrogens (tertiary/aromatic N) is 1. The molecule has 0 spiro atoms. The van der Waals surface area contributed by atoms with Crippen molar-refractivity contribution in [1.29, 1.82) is 0 Å². The predicted octanol–water partition coefficient (Wildman–Crippen LogP) is 11.5. The molecule has 2 heteroatoms. The molecule has 1 aromatic heterocycles. The zero-order valence-corrected chi connectivity index (χ0v) is 24.2. The summed E-state index contributed by atoms with van der Waals surface area (Å²) < 4.78 is 2.42. The standard InChI is InChI=1S/C42H30N2/c1-3-13-30(14-4-1)31-25-27-35(28-26-31)44-41-24-10-8-20-38(41)39-22-12-21-37(42(39)44)33-16-11-15-32(29-33)36-19-7-9-23-40(36)43-34-17-5-2-6-18-34/h1-29,43H. The molecule has 0 saturated carbocycles. The molecule has 7 aromatic carbocycles. The lowest BCUT2D eigenvalue weighted by Gasteiger charge is -2.15. The van der Waals surface area contributed by atoms with Crippen LogP contribution < -0.4 is 5.32 Å². The van der Waals surface area contributed by atoms with E-state index < -0.39 is 0 Å². The monoisotopic (exact) mass is 562 g/mol. The first-order valence-corrected chi connectivity index (χ1v) is 15.0. The topological polar surface area (TPSA) is 17.0 Å². The van der Waals surface area contributed by atoms with E-state index in [0.29, 0.717) is 0 Å². The molecule has 0 bridgehead atoms. The zero-order chi connectivity index (χ0) is 29.3. The Morgan fingerprint density at radius 3 is 1.77 bits per heavy atom. The molecule has 0 atom stereocenters. The van der Waals surface area contributed by atoms with E-state index in [2.05, 4.69) is 180 Å². The number of para-hydroxylation sites is 4. The molecule has 0 unspecified atom stereocenters. The van der Waals surface area contributed by atoms with Gasteiger partial charge in [-0.15, -0.1) is 0 Å². The van der Waals surface area contributed by atoms with Gasteiger partial charge in [0.05, 0.1) is 11.0 Å². The van der Waals surface area contributed by atoms with Crippen molar-refractivity contribution in [2.75, 3.05) is 5.32 Å². The van der Waals surface area contributed by atoms with Crippen molar-refractivity contribution in [3.8, 4) is 39.1 Å². The lowest BCUT2D eigenvalue weighted by molar-refractivity contribution is 1.18. The van der Waals surface area contributed by atoms with Gasteiger partial charge in [-0.2, -0.15) is 0 Å². The summed E-state index contributed by atoms with van der Waals surface area (Å²) in [7, 11) is 0. The first kappa shape index (κ1) is 25.8. The van der Waals surface area contributed by atoms with Gasteiger partial charge in [0.2, 0.25) is 0 Å². The minimum Gasteiger partial charge on any atom is -0.355 e. The van der Waals surface area contributed by atoms with Crippen molar-refractivity contribution in [1.82, 2.24) is 4.57 Å². The molecule has 0 fully saturated rings. The molecule has 0 radical (unpaired) electrons. The fourth-order valence-electron chi connectivity index (χ4n) is 6.33. The highest BCUT2D eigenvalue weighted by Crippen LogP contribution is 2.40. The van der Waals surface area contributed by atoms with Gasteiger partial charge in [0, 0.05) is 39.0 Å². The van der Waals surface area contributed by atoms with E-state index in [-0.39, 0.29) is 0 Å². The Kier molecular flexibility index (Phi) is 6.51. The summed E-state index contributed by atoms with van der Waals surface area (Å²) in [5.74, 6) is 0. The fraction of sp³-hybridized carbons (Fsp3) is 0. The average Bonchev–Trinajstić information content (AvgIpc) is 3.44. The van der Waals surface area contributed by atoms with Crippen LogP contribution in [0.4, 0.5) is 11.4 Å². The third-order valence-electron chi connectivity index (χ3n) is 8.39. The Morgan fingerprint density at radius 1 is 0.386 bits per heavy atom. The second-order valence-corrected chi connectivity index (χ2v) is 11.1. The van der Waals surface area contributed by atoms with Crippen molar-refractivity contribution in [3.63, 3.8) is 0 Å². The van der Waals surface area contributed by atoms with Crippen LogP contribution in [0.3, 0.4) is 0 Å².